The van der Waals surface area contributed by atoms with Crippen molar-refractivity contribution >= 4 is 11.4 Å². The number of rotatable bonds is 5. The summed E-state index contributed by atoms with van der Waals surface area (Å²) in [5.74, 6) is 0.458. The van der Waals surface area contributed by atoms with Crippen molar-refractivity contribution in [1.82, 2.24) is 29.7 Å². The van der Waals surface area contributed by atoms with Crippen molar-refractivity contribution in [2.24, 2.45) is 7.05 Å². The molecule has 2 aliphatic carbocycles. The molecule has 0 aromatic carbocycles. The number of amides is 1. The second kappa shape index (κ2) is 5.92. The molecule has 2 fully saturated rings. The van der Waals surface area contributed by atoms with Gasteiger partial charge in [0.05, 0.1) is 24.3 Å². The van der Waals surface area contributed by atoms with Crippen LogP contribution >= 0.6 is 0 Å². The van der Waals surface area contributed by atoms with E-state index in [1.54, 1.807) is 21.6 Å². The number of nitrogens with zero attached hydrogens (tertiary/aromatic N) is 5. The molecule has 5 rings (SSSR count). The number of hydrogen-bond donors (Lipinski definition) is 1. The smallest absolute Gasteiger partial charge is 0.243 e. The lowest BCUT2D eigenvalue weighted by atomic mass is 9.92. The zero-order chi connectivity index (χ0) is 19.4. The third kappa shape index (κ3) is 2.67. The van der Waals surface area contributed by atoms with E-state index in [-0.39, 0.29) is 17.0 Å². The molecule has 2 bridgehead atoms. The minimum absolute atomic E-state index is 0.118. The first-order valence-electron chi connectivity index (χ1n) is 9.47. The second-order valence-electron chi connectivity index (χ2n) is 7.93. The van der Waals surface area contributed by atoms with Gasteiger partial charge in [-0.1, -0.05) is 6.58 Å². The molecular formula is C20H22N6O2. The predicted octanol–water partition coefficient (Wildman–Crippen LogP) is 2.27. The van der Waals surface area contributed by atoms with E-state index in [1.807, 2.05) is 25.5 Å². The van der Waals surface area contributed by atoms with Gasteiger partial charge < -0.3 is 10.1 Å². The number of ether oxygens (including phenoxy) is 1. The quantitative estimate of drug-likeness (QED) is 0.688. The van der Waals surface area contributed by atoms with Gasteiger partial charge in [0.1, 0.15) is 11.1 Å². The third-order valence-corrected chi connectivity index (χ3v) is 6.02. The maximum atomic E-state index is 11.9. The molecule has 1 N–H and O–H groups in total. The van der Waals surface area contributed by atoms with Crippen LogP contribution < -0.4 is 10.1 Å². The minimum Gasteiger partial charge on any atom is -0.469 e. The van der Waals surface area contributed by atoms with Crippen LogP contribution in [0.15, 0.2) is 43.5 Å². The second-order valence-corrected chi connectivity index (χ2v) is 7.93. The number of aryl methyl sites for hydroxylation is 1. The molecule has 3 aromatic rings. The van der Waals surface area contributed by atoms with Gasteiger partial charge in [-0.2, -0.15) is 10.2 Å². The Bertz CT molecular complexity index is 1070. The van der Waals surface area contributed by atoms with Crippen molar-refractivity contribution < 1.29 is 9.53 Å². The van der Waals surface area contributed by atoms with Gasteiger partial charge in [-0.25, -0.2) is 9.50 Å². The Hall–Kier alpha value is -3.16. The third-order valence-electron chi connectivity index (χ3n) is 6.02. The fourth-order valence-corrected chi connectivity index (χ4v) is 4.64. The SMILES string of the molecule is C=CC(=O)NC12CCC(Oc3nc(-c4cnn(C)c4)cn4nccc34)(CC1)C2. The fourth-order valence-electron chi connectivity index (χ4n) is 4.64. The van der Waals surface area contributed by atoms with E-state index in [9.17, 15) is 4.79 Å². The summed E-state index contributed by atoms with van der Waals surface area (Å²) in [6, 6.07) is 1.91. The van der Waals surface area contributed by atoms with Gasteiger partial charge in [0, 0.05) is 30.8 Å². The highest BCUT2D eigenvalue weighted by molar-refractivity contribution is 5.87. The monoisotopic (exact) mass is 378 g/mol. The molecule has 0 saturated heterocycles. The minimum atomic E-state index is -0.306. The molecule has 3 heterocycles. The first kappa shape index (κ1) is 17.0. The molecule has 3 aromatic heterocycles. The molecule has 0 unspecified atom stereocenters. The van der Waals surface area contributed by atoms with E-state index < -0.39 is 0 Å². The Morgan fingerprint density at radius 1 is 1.29 bits per heavy atom. The van der Waals surface area contributed by atoms with Crippen LogP contribution in [0.1, 0.15) is 32.1 Å². The highest BCUT2D eigenvalue weighted by atomic mass is 16.5. The van der Waals surface area contributed by atoms with Crippen molar-refractivity contribution in [1.29, 1.82) is 0 Å². The van der Waals surface area contributed by atoms with E-state index in [4.69, 9.17) is 9.72 Å². The van der Waals surface area contributed by atoms with Crippen LogP contribution in [0.2, 0.25) is 0 Å². The maximum Gasteiger partial charge on any atom is 0.243 e. The van der Waals surface area contributed by atoms with Crippen LogP contribution in [0.3, 0.4) is 0 Å². The van der Waals surface area contributed by atoms with E-state index in [0.29, 0.717) is 5.88 Å². The number of fused-ring (bicyclic) bond motifs is 3. The first-order valence-corrected chi connectivity index (χ1v) is 9.47. The van der Waals surface area contributed by atoms with Gasteiger partial charge in [-0.3, -0.25) is 9.48 Å². The molecule has 8 nitrogen and oxygen atoms in total. The van der Waals surface area contributed by atoms with E-state index in [0.717, 1.165) is 48.9 Å². The molecule has 144 valence electrons. The average molecular weight is 378 g/mol. The summed E-state index contributed by atoms with van der Waals surface area (Å²) >= 11 is 0. The summed E-state index contributed by atoms with van der Waals surface area (Å²) in [7, 11) is 1.88. The summed E-state index contributed by atoms with van der Waals surface area (Å²) < 4.78 is 10.1. The molecule has 8 heteroatoms. The molecule has 0 atom stereocenters. The molecule has 2 saturated carbocycles. The summed E-state index contributed by atoms with van der Waals surface area (Å²) in [6.07, 6.45) is 13.0. The van der Waals surface area contributed by atoms with Crippen molar-refractivity contribution in [2.75, 3.05) is 0 Å². The number of carbonyl (C=O) groups is 1. The van der Waals surface area contributed by atoms with Crippen LogP contribution in [0, 0.1) is 0 Å². The largest absolute Gasteiger partial charge is 0.469 e. The van der Waals surface area contributed by atoms with Crippen LogP contribution in [0.5, 0.6) is 5.88 Å². The Labute approximate surface area is 162 Å². The Kier molecular flexibility index (Phi) is 3.59. The van der Waals surface area contributed by atoms with Crippen LogP contribution in [0.25, 0.3) is 16.8 Å². The molecule has 0 radical (unpaired) electrons. The highest BCUT2D eigenvalue weighted by Crippen LogP contribution is 2.52. The van der Waals surface area contributed by atoms with Crippen molar-refractivity contribution in [3.8, 4) is 17.1 Å². The predicted molar refractivity (Wildman–Crippen MR) is 103 cm³/mol. The van der Waals surface area contributed by atoms with Gasteiger partial charge in [-0.05, 0) is 37.8 Å². The lowest BCUT2D eigenvalue weighted by molar-refractivity contribution is -0.118. The normalized spacial score (nSPS) is 25.9. The van der Waals surface area contributed by atoms with Crippen molar-refractivity contribution in [3.05, 3.63) is 43.5 Å². The molecule has 2 aliphatic rings. The Morgan fingerprint density at radius 2 is 2.11 bits per heavy atom. The summed E-state index contributed by atoms with van der Waals surface area (Å²) in [6.45, 7) is 3.57. The molecule has 0 spiro atoms. The molecule has 1 amide bonds. The molecular weight excluding hydrogens is 356 g/mol. The number of nitrogens with one attached hydrogen (secondary N) is 1. The zero-order valence-electron chi connectivity index (χ0n) is 15.8. The van der Waals surface area contributed by atoms with Crippen LogP contribution in [0.4, 0.5) is 0 Å². The number of aromatic nitrogens is 5. The molecule has 28 heavy (non-hydrogen) atoms. The van der Waals surface area contributed by atoms with Crippen LogP contribution in [-0.2, 0) is 11.8 Å². The Balaban J connectivity index is 1.48. The standard InChI is InChI=1S/C20H22N6O2/c1-3-17(27)24-19-5-7-20(13-19,8-6-19)28-18-16-4-9-21-26(16)12-15(23-18)14-10-22-25(2)11-14/h3-4,9-12H,1,5-8,13H2,2H3,(H,24,27). The number of hydrogen-bond acceptors (Lipinski definition) is 5. The average Bonchev–Trinajstić information content (AvgIpc) is 3.44. The maximum absolute atomic E-state index is 11.9. The fraction of sp³-hybridized carbons (Fsp3) is 0.400. The lowest BCUT2D eigenvalue weighted by Crippen LogP contribution is -2.44. The van der Waals surface area contributed by atoms with Gasteiger partial charge in [0.15, 0.2) is 0 Å². The van der Waals surface area contributed by atoms with E-state index in [2.05, 4.69) is 22.1 Å². The van der Waals surface area contributed by atoms with Gasteiger partial charge in [-0.15, -0.1) is 0 Å². The molecule has 0 aliphatic heterocycles. The highest BCUT2D eigenvalue weighted by Gasteiger charge is 2.56. The van der Waals surface area contributed by atoms with Crippen LogP contribution in [-0.4, -0.2) is 41.4 Å². The summed E-state index contributed by atoms with van der Waals surface area (Å²) in [5.41, 5.74) is 2.01. The zero-order valence-corrected chi connectivity index (χ0v) is 15.8. The van der Waals surface area contributed by atoms with Gasteiger partial charge in [0.25, 0.3) is 0 Å². The summed E-state index contributed by atoms with van der Waals surface area (Å²) in [5, 5.41) is 11.7. The number of carbonyl (C=O) groups excluding carboxylic acids is 1. The van der Waals surface area contributed by atoms with Gasteiger partial charge in [0.2, 0.25) is 11.8 Å². The Morgan fingerprint density at radius 3 is 2.82 bits per heavy atom. The van der Waals surface area contributed by atoms with Gasteiger partial charge >= 0.3 is 0 Å². The van der Waals surface area contributed by atoms with Crippen molar-refractivity contribution in [2.45, 2.75) is 43.2 Å². The summed E-state index contributed by atoms with van der Waals surface area (Å²) in [4.78, 5) is 16.6. The van der Waals surface area contributed by atoms with E-state index in [1.165, 1.54) is 6.08 Å². The van der Waals surface area contributed by atoms with E-state index >= 15 is 0 Å². The topological polar surface area (TPSA) is 86.3 Å². The van der Waals surface area contributed by atoms with Crippen molar-refractivity contribution in [3.63, 3.8) is 0 Å². The lowest BCUT2D eigenvalue weighted by Gasteiger charge is -2.28. The first-order chi connectivity index (χ1) is 13.5.